The minimum Gasteiger partial charge on any atom is -0.356 e. The number of imidazole rings is 1. The number of fused-ring (bicyclic) bond motifs is 1. The second kappa shape index (κ2) is 2.74. The number of anilines is 1. The van der Waals surface area contributed by atoms with Crippen molar-refractivity contribution in [2.45, 2.75) is 6.92 Å². The lowest BCUT2D eigenvalue weighted by atomic mass is 10.4. The number of nitrogens with zero attached hydrogens (tertiary/aromatic N) is 1. The first-order valence-electron chi connectivity index (χ1n) is 3.92. The van der Waals surface area contributed by atoms with Crippen LogP contribution >= 0.6 is 0 Å². The molecule has 3 nitrogen and oxygen atoms in total. The number of hydrogen-bond donors (Lipinski definition) is 2. The van der Waals surface area contributed by atoms with Crippen molar-refractivity contribution in [3.8, 4) is 0 Å². The maximum atomic E-state index is 4.28. The number of rotatable bonds is 2. The van der Waals surface area contributed by atoms with Crippen molar-refractivity contribution in [2.24, 2.45) is 0 Å². The van der Waals surface area contributed by atoms with Crippen molar-refractivity contribution in [2.75, 3.05) is 11.9 Å². The van der Waals surface area contributed by atoms with E-state index in [9.17, 15) is 0 Å². The highest BCUT2D eigenvalue weighted by atomic mass is 15.1. The molecule has 2 aromatic rings. The molecule has 12 heavy (non-hydrogen) atoms. The Morgan fingerprint density at radius 3 is 3.33 bits per heavy atom. The lowest BCUT2D eigenvalue weighted by molar-refractivity contribution is 1.14. The first-order chi connectivity index (χ1) is 5.90. The topological polar surface area (TPSA) is 40.7 Å². The summed E-state index contributed by atoms with van der Waals surface area (Å²) in [5.74, 6) is 0.795. The van der Waals surface area contributed by atoms with E-state index in [0.717, 1.165) is 23.5 Å². The van der Waals surface area contributed by atoms with Gasteiger partial charge in [0.15, 0.2) is 0 Å². The minimum absolute atomic E-state index is 0.795. The molecule has 1 aromatic carbocycles. The van der Waals surface area contributed by atoms with Gasteiger partial charge in [-0.15, -0.1) is 0 Å². The molecule has 0 aliphatic carbocycles. The third-order valence-electron chi connectivity index (χ3n) is 1.60. The standard InChI is InChI=1S/C9H9N3/c1-2-10-9-11-7-5-3-4-6-8(7)12-9/h3,5H,2H2,1H3,(H2,10,11,12). The molecule has 3 heteroatoms. The van der Waals surface area contributed by atoms with Gasteiger partial charge in [-0.05, 0) is 25.1 Å². The molecular weight excluding hydrogens is 150 g/mol. The highest BCUT2D eigenvalue weighted by molar-refractivity contribution is 5.75. The summed E-state index contributed by atoms with van der Waals surface area (Å²) in [5.41, 5.74) is 1.82. The Balaban J connectivity index is 2.47. The molecule has 0 aliphatic heterocycles. The molecule has 0 unspecified atom stereocenters. The third-order valence-corrected chi connectivity index (χ3v) is 1.60. The van der Waals surface area contributed by atoms with E-state index < -0.39 is 0 Å². The van der Waals surface area contributed by atoms with Crippen LogP contribution in [0.15, 0.2) is 12.1 Å². The first-order valence-corrected chi connectivity index (χ1v) is 3.92. The Kier molecular flexibility index (Phi) is 1.60. The van der Waals surface area contributed by atoms with Crippen LogP contribution < -0.4 is 5.32 Å². The lowest BCUT2D eigenvalue weighted by Gasteiger charge is -1.92. The van der Waals surface area contributed by atoms with Gasteiger partial charge in [-0.25, -0.2) is 4.98 Å². The van der Waals surface area contributed by atoms with E-state index in [0.29, 0.717) is 0 Å². The molecule has 0 saturated heterocycles. The largest absolute Gasteiger partial charge is 0.356 e. The molecule has 2 N–H and O–H groups in total. The van der Waals surface area contributed by atoms with Crippen LogP contribution in [0.2, 0.25) is 0 Å². The summed E-state index contributed by atoms with van der Waals surface area (Å²) in [6, 6.07) is 9.52. The number of nitrogens with one attached hydrogen (secondary N) is 2. The van der Waals surface area contributed by atoms with Crippen LogP contribution in [0.1, 0.15) is 6.92 Å². The Hall–Kier alpha value is -1.69. The Labute approximate surface area is 70.8 Å². The van der Waals surface area contributed by atoms with E-state index in [1.807, 2.05) is 13.0 Å². The van der Waals surface area contributed by atoms with Crippen molar-refractivity contribution >= 4 is 17.0 Å². The fourth-order valence-corrected chi connectivity index (χ4v) is 1.09. The second-order valence-corrected chi connectivity index (χ2v) is 2.48. The highest BCUT2D eigenvalue weighted by Crippen LogP contribution is 2.09. The Bertz CT molecular complexity index is 345. The smallest absolute Gasteiger partial charge is 0.201 e. The number of aromatic amines is 1. The number of hydrogen-bond acceptors (Lipinski definition) is 2. The summed E-state index contributed by atoms with van der Waals surface area (Å²) < 4.78 is 0. The average molecular weight is 159 g/mol. The van der Waals surface area contributed by atoms with Gasteiger partial charge in [-0.2, -0.15) is 0 Å². The predicted octanol–water partition coefficient (Wildman–Crippen LogP) is 1.60. The van der Waals surface area contributed by atoms with Crippen LogP contribution in [-0.2, 0) is 0 Å². The molecule has 0 saturated carbocycles. The zero-order valence-corrected chi connectivity index (χ0v) is 6.81. The molecule has 0 amide bonds. The van der Waals surface area contributed by atoms with Crippen molar-refractivity contribution in [1.29, 1.82) is 0 Å². The Morgan fingerprint density at radius 1 is 1.67 bits per heavy atom. The average Bonchev–Trinajstić information content (AvgIpc) is 2.47. The quantitative estimate of drug-likeness (QED) is 0.698. The molecule has 1 aromatic heterocycles. The summed E-state index contributed by atoms with van der Waals surface area (Å²) >= 11 is 0. The molecule has 0 aliphatic rings. The maximum Gasteiger partial charge on any atom is 0.201 e. The minimum atomic E-state index is 0.795. The van der Waals surface area contributed by atoms with Crippen LogP contribution in [0, 0.1) is 12.1 Å². The van der Waals surface area contributed by atoms with Gasteiger partial charge in [0.25, 0.3) is 0 Å². The molecule has 0 fully saturated rings. The fourth-order valence-electron chi connectivity index (χ4n) is 1.09. The summed E-state index contributed by atoms with van der Waals surface area (Å²) in [6.07, 6.45) is 0. The summed E-state index contributed by atoms with van der Waals surface area (Å²) in [7, 11) is 0. The van der Waals surface area contributed by atoms with E-state index in [2.05, 4.69) is 27.4 Å². The maximum absolute atomic E-state index is 4.28. The van der Waals surface area contributed by atoms with Gasteiger partial charge >= 0.3 is 0 Å². The molecule has 2 rings (SSSR count). The van der Waals surface area contributed by atoms with E-state index >= 15 is 0 Å². The van der Waals surface area contributed by atoms with Crippen LogP contribution in [-0.4, -0.2) is 16.5 Å². The first kappa shape index (κ1) is 6.99. The van der Waals surface area contributed by atoms with Crippen molar-refractivity contribution < 1.29 is 0 Å². The van der Waals surface area contributed by atoms with Gasteiger partial charge in [-0.1, -0.05) is 6.07 Å². The number of aromatic nitrogens is 2. The fraction of sp³-hybridized carbons (Fsp3) is 0.222. The third kappa shape index (κ3) is 1.08. The summed E-state index contributed by atoms with van der Waals surface area (Å²) in [6.45, 7) is 2.90. The van der Waals surface area contributed by atoms with Gasteiger partial charge in [0.05, 0.1) is 5.52 Å². The zero-order valence-electron chi connectivity index (χ0n) is 6.81. The van der Waals surface area contributed by atoms with Gasteiger partial charge < -0.3 is 10.3 Å². The Morgan fingerprint density at radius 2 is 2.58 bits per heavy atom. The van der Waals surface area contributed by atoms with Crippen molar-refractivity contribution in [1.82, 2.24) is 9.97 Å². The van der Waals surface area contributed by atoms with Crippen molar-refractivity contribution in [3.63, 3.8) is 0 Å². The van der Waals surface area contributed by atoms with E-state index in [1.54, 1.807) is 6.07 Å². The van der Waals surface area contributed by atoms with Crippen LogP contribution in [0.3, 0.4) is 0 Å². The SMILES string of the molecule is CCNc1nc2ccc#cc2[nH]1. The zero-order chi connectivity index (χ0) is 8.39. The van der Waals surface area contributed by atoms with Crippen LogP contribution in [0.25, 0.3) is 11.0 Å². The molecule has 0 bridgehead atoms. The predicted molar refractivity (Wildman–Crippen MR) is 47.9 cm³/mol. The molecule has 1 heterocycles. The normalized spacial score (nSPS) is 9.75. The van der Waals surface area contributed by atoms with Gasteiger partial charge in [0.1, 0.15) is 5.52 Å². The molecular formula is C9H9N3. The monoisotopic (exact) mass is 159 g/mol. The molecule has 0 atom stereocenters. The lowest BCUT2D eigenvalue weighted by Crippen LogP contribution is -1.97. The van der Waals surface area contributed by atoms with E-state index in [4.69, 9.17) is 0 Å². The van der Waals surface area contributed by atoms with Crippen LogP contribution in [0.4, 0.5) is 5.95 Å². The molecule has 0 spiro atoms. The second-order valence-electron chi connectivity index (χ2n) is 2.48. The molecule has 0 radical (unpaired) electrons. The van der Waals surface area contributed by atoms with Gasteiger partial charge in [0, 0.05) is 6.54 Å². The van der Waals surface area contributed by atoms with Crippen LogP contribution in [0.5, 0.6) is 0 Å². The summed E-state index contributed by atoms with van der Waals surface area (Å²) in [4.78, 5) is 7.37. The van der Waals surface area contributed by atoms with Gasteiger partial charge in [0.2, 0.25) is 5.95 Å². The number of H-pyrrole nitrogens is 1. The van der Waals surface area contributed by atoms with Gasteiger partial charge in [-0.3, -0.25) is 0 Å². The van der Waals surface area contributed by atoms with E-state index in [1.165, 1.54) is 0 Å². The summed E-state index contributed by atoms with van der Waals surface area (Å²) in [5, 5.41) is 3.10. The van der Waals surface area contributed by atoms with E-state index in [-0.39, 0.29) is 0 Å². The van der Waals surface area contributed by atoms with Crippen molar-refractivity contribution in [3.05, 3.63) is 24.3 Å². The molecule has 60 valence electrons. The highest BCUT2D eigenvalue weighted by Gasteiger charge is 1.97.